The zero-order valence-electron chi connectivity index (χ0n) is 17.0. The maximum Gasteiger partial charge on any atom is 0.433 e. The summed E-state index contributed by atoms with van der Waals surface area (Å²) in [5.74, 6) is -1.60. The maximum atomic E-state index is 13.6. The van der Waals surface area contributed by atoms with E-state index < -0.39 is 35.3 Å². The quantitative estimate of drug-likeness (QED) is 0.560. The first-order chi connectivity index (χ1) is 15.6. The Hall–Kier alpha value is -3.64. The second kappa shape index (κ2) is 8.05. The van der Waals surface area contributed by atoms with Gasteiger partial charge in [-0.3, -0.25) is 19.9 Å². The molecule has 3 N–H and O–H groups in total. The lowest BCUT2D eigenvalue weighted by Gasteiger charge is -2.32. The largest absolute Gasteiger partial charge is 0.433 e. The molecular formula is C21H16F3N5O3S. The Morgan fingerprint density at radius 1 is 1.18 bits per heavy atom. The number of pyridine rings is 1. The molecule has 0 saturated carbocycles. The number of hydrogen-bond acceptors (Lipinski definition) is 7. The number of nitrogens with zero attached hydrogens (tertiary/aromatic N) is 3. The van der Waals surface area contributed by atoms with Gasteiger partial charge in [0.25, 0.3) is 11.8 Å². The molecule has 1 aliphatic heterocycles. The molecule has 0 aliphatic carbocycles. The molecule has 8 nitrogen and oxygen atoms in total. The Labute approximate surface area is 189 Å². The lowest BCUT2D eigenvalue weighted by molar-refractivity contribution is -0.141. The van der Waals surface area contributed by atoms with Crippen LogP contribution in [0.1, 0.15) is 26.6 Å². The van der Waals surface area contributed by atoms with Crippen molar-refractivity contribution in [3.8, 4) is 11.1 Å². The molecule has 1 aliphatic rings. The van der Waals surface area contributed by atoms with Gasteiger partial charge < -0.3 is 5.73 Å². The number of hydrogen-bond donors (Lipinski definition) is 2. The van der Waals surface area contributed by atoms with Crippen LogP contribution in [0.5, 0.6) is 0 Å². The Balaban J connectivity index is 1.82. The van der Waals surface area contributed by atoms with Crippen LogP contribution in [0.4, 0.5) is 18.0 Å². The second-order valence-electron chi connectivity index (χ2n) is 7.21. The van der Waals surface area contributed by atoms with Gasteiger partial charge in [-0.25, -0.2) is 14.7 Å². The molecule has 12 heteroatoms. The summed E-state index contributed by atoms with van der Waals surface area (Å²) in [6.45, 7) is 1.24. The minimum atomic E-state index is -4.62. The smallest absolute Gasteiger partial charge is 0.327 e. The third-order valence-electron chi connectivity index (χ3n) is 5.32. The summed E-state index contributed by atoms with van der Waals surface area (Å²) in [6.07, 6.45) is -3.62. The predicted molar refractivity (Wildman–Crippen MR) is 112 cm³/mol. The number of thiazole rings is 1. The lowest BCUT2D eigenvalue weighted by Crippen LogP contribution is -2.54. The summed E-state index contributed by atoms with van der Waals surface area (Å²) < 4.78 is 38.7. The highest BCUT2D eigenvalue weighted by Gasteiger charge is 2.58. The van der Waals surface area contributed by atoms with Crippen molar-refractivity contribution in [2.75, 3.05) is 6.54 Å². The fraction of sp³-hybridized carbons (Fsp3) is 0.190. The molecule has 170 valence electrons. The first-order valence-corrected chi connectivity index (χ1v) is 10.4. The van der Waals surface area contributed by atoms with Crippen LogP contribution in [0.15, 0.2) is 48.1 Å². The van der Waals surface area contributed by atoms with E-state index in [-0.39, 0.29) is 23.2 Å². The number of aryl methyl sites for hydroxylation is 1. The number of nitrogens with one attached hydrogen (secondary N) is 1. The summed E-state index contributed by atoms with van der Waals surface area (Å²) >= 11 is 1.08. The van der Waals surface area contributed by atoms with Crippen molar-refractivity contribution in [2.45, 2.75) is 18.6 Å². The maximum absolute atomic E-state index is 13.6. The Morgan fingerprint density at radius 3 is 2.48 bits per heavy atom. The monoisotopic (exact) mass is 475 g/mol. The van der Waals surface area contributed by atoms with Gasteiger partial charge in [-0.2, -0.15) is 13.2 Å². The summed E-state index contributed by atoms with van der Waals surface area (Å²) in [4.78, 5) is 47.9. The molecular weight excluding hydrogens is 459 g/mol. The number of benzene rings is 1. The number of alkyl halides is 3. The van der Waals surface area contributed by atoms with Gasteiger partial charge in [0.15, 0.2) is 5.54 Å². The van der Waals surface area contributed by atoms with Crippen LogP contribution in [0, 0.1) is 6.92 Å². The molecule has 0 bridgehead atoms. The number of urea groups is 1. The van der Waals surface area contributed by atoms with Crippen LogP contribution in [0.2, 0.25) is 0 Å². The van der Waals surface area contributed by atoms with Gasteiger partial charge in [-0.05, 0) is 24.6 Å². The van der Waals surface area contributed by atoms with Gasteiger partial charge in [-0.1, -0.05) is 24.3 Å². The Morgan fingerprint density at radius 2 is 1.91 bits per heavy atom. The van der Waals surface area contributed by atoms with Crippen LogP contribution in [-0.4, -0.2) is 39.3 Å². The summed E-state index contributed by atoms with van der Waals surface area (Å²) in [5, 5.41) is 2.15. The molecule has 1 aromatic carbocycles. The molecule has 33 heavy (non-hydrogen) atoms. The van der Waals surface area contributed by atoms with Crippen molar-refractivity contribution < 1.29 is 27.6 Å². The first kappa shape index (κ1) is 22.6. The Kier molecular flexibility index (Phi) is 5.50. The lowest BCUT2D eigenvalue weighted by atomic mass is 9.92. The van der Waals surface area contributed by atoms with Crippen molar-refractivity contribution in [1.29, 1.82) is 0 Å². The minimum Gasteiger partial charge on any atom is -0.327 e. The minimum absolute atomic E-state index is 0.0103. The molecule has 0 spiro atoms. The topological polar surface area (TPSA) is 118 Å². The van der Waals surface area contributed by atoms with Crippen molar-refractivity contribution in [1.82, 2.24) is 20.2 Å². The number of amides is 4. The summed E-state index contributed by atoms with van der Waals surface area (Å²) in [5.41, 5.74) is 5.44. The molecule has 4 rings (SSSR count). The fourth-order valence-corrected chi connectivity index (χ4v) is 4.74. The van der Waals surface area contributed by atoms with Crippen LogP contribution in [0.25, 0.3) is 11.1 Å². The van der Waals surface area contributed by atoms with E-state index in [1.54, 1.807) is 13.0 Å². The number of nitrogens with two attached hydrogens (primary N) is 1. The van der Waals surface area contributed by atoms with E-state index in [0.29, 0.717) is 10.6 Å². The molecule has 0 radical (unpaired) electrons. The highest BCUT2D eigenvalue weighted by molar-refractivity contribution is 7.10. The molecule has 3 aromatic rings. The number of aromatic nitrogens is 2. The van der Waals surface area contributed by atoms with Crippen molar-refractivity contribution >= 4 is 29.2 Å². The van der Waals surface area contributed by atoms with Crippen molar-refractivity contribution in [3.05, 3.63) is 69.9 Å². The van der Waals surface area contributed by atoms with E-state index in [0.717, 1.165) is 28.5 Å². The molecule has 4 amide bonds. The zero-order chi connectivity index (χ0) is 24.0. The SMILES string of the molecule is Cc1ncsc1C1(CN)C(=O)NC(=O)N1C(=O)c1ccccc1-c1ccc(C(F)(F)F)nc1. The zero-order valence-corrected chi connectivity index (χ0v) is 17.8. The van der Waals surface area contributed by atoms with Crippen LogP contribution in [0.3, 0.4) is 0 Å². The molecule has 2 aromatic heterocycles. The molecule has 1 saturated heterocycles. The van der Waals surface area contributed by atoms with Gasteiger partial charge in [-0.15, -0.1) is 11.3 Å². The summed E-state index contributed by atoms with van der Waals surface area (Å²) in [6, 6.07) is 7.06. The van der Waals surface area contributed by atoms with Gasteiger partial charge in [0.05, 0.1) is 16.1 Å². The van der Waals surface area contributed by atoms with E-state index in [9.17, 15) is 27.6 Å². The molecule has 3 heterocycles. The molecule has 1 unspecified atom stereocenters. The van der Waals surface area contributed by atoms with E-state index in [1.807, 2.05) is 0 Å². The Bertz CT molecular complexity index is 1260. The average Bonchev–Trinajstić information content (AvgIpc) is 3.32. The third kappa shape index (κ3) is 3.56. The predicted octanol–water partition coefficient (Wildman–Crippen LogP) is 3.08. The molecule has 1 fully saturated rings. The van der Waals surface area contributed by atoms with Gasteiger partial charge in [0.2, 0.25) is 0 Å². The van der Waals surface area contributed by atoms with Crippen LogP contribution in [-0.2, 0) is 16.5 Å². The normalized spacial score (nSPS) is 18.5. The van der Waals surface area contributed by atoms with Gasteiger partial charge in [0, 0.05) is 23.9 Å². The highest BCUT2D eigenvalue weighted by Crippen LogP contribution is 2.39. The number of carbonyl (C=O) groups is 3. The number of rotatable bonds is 4. The van der Waals surface area contributed by atoms with E-state index in [2.05, 4.69) is 15.3 Å². The average molecular weight is 475 g/mol. The molecule has 1 atom stereocenters. The van der Waals surface area contributed by atoms with Gasteiger partial charge in [0.1, 0.15) is 5.69 Å². The van der Waals surface area contributed by atoms with Gasteiger partial charge >= 0.3 is 12.2 Å². The fourth-order valence-electron chi connectivity index (χ4n) is 3.74. The third-order valence-corrected chi connectivity index (χ3v) is 6.40. The van der Waals surface area contributed by atoms with Crippen molar-refractivity contribution in [3.63, 3.8) is 0 Å². The van der Waals surface area contributed by atoms with E-state index >= 15 is 0 Å². The van der Waals surface area contributed by atoms with E-state index in [1.165, 1.54) is 29.8 Å². The van der Waals surface area contributed by atoms with Crippen LogP contribution < -0.4 is 11.1 Å². The highest BCUT2D eigenvalue weighted by atomic mass is 32.1. The number of carbonyl (C=O) groups excluding carboxylic acids is 3. The second-order valence-corrected chi connectivity index (χ2v) is 8.06. The standard InChI is InChI=1S/C21H16F3N5O3S/c1-11-16(33-10-27-11)20(9-25)18(31)28-19(32)29(20)17(30)14-5-3-2-4-13(14)12-6-7-15(26-8-12)21(22,23)24/h2-8,10H,9,25H2,1H3,(H,28,31,32). The number of imide groups is 2. The number of halogens is 3. The van der Waals surface area contributed by atoms with E-state index in [4.69, 9.17) is 5.73 Å². The van der Waals surface area contributed by atoms with Crippen molar-refractivity contribution in [2.24, 2.45) is 5.73 Å². The first-order valence-electron chi connectivity index (χ1n) is 9.54. The van der Waals surface area contributed by atoms with Crippen LogP contribution >= 0.6 is 11.3 Å². The summed E-state index contributed by atoms with van der Waals surface area (Å²) in [7, 11) is 0.